The Balaban J connectivity index is 1.68. The molecule has 4 rings (SSSR count). The van der Waals surface area contributed by atoms with E-state index in [1.54, 1.807) is 24.5 Å². The molecule has 6 nitrogen and oxygen atoms in total. The van der Waals surface area contributed by atoms with E-state index in [4.69, 9.17) is 16.3 Å². The van der Waals surface area contributed by atoms with Crippen LogP contribution in [-0.2, 0) is 4.74 Å². The minimum absolute atomic E-state index is 0.0912. The Hall–Kier alpha value is -2.70. The van der Waals surface area contributed by atoms with Gasteiger partial charge in [-0.2, -0.15) is 0 Å². The molecule has 7 heteroatoms. The molecule has 1 aliphatic heterocycles. The summed E-state index contributed by atoms with van der Waals surface area (Å²) in [5.41, 5.74) is 1.52. The first-order chi connectivity index (χ1) is 12.7. The lowest BCUT2D eigenvalue weighted by atomic mass is 10.1. The van der Waals surface area contributed by atoms with E-state index in [2.05, 4.69) is 15.0 Å². The molecular formula is C19H17ClN4O2. The van der Waals surface area contributed by atoms with E-state index in [9.17, 15) is 4.79 Å². The van der Waals surface area contributed by atoms with Crippen LogP contribution in [-0.4, -0.2) is 34.6 Å². The molecule has 1 atom stereocenters. The second-order valence-corrected chi connectivity index (χ2v) is 6.38. The molecule has 1 N–H and O–H groups in total. The lowest BCUT2D eigenvalue weighted by Gasteiger charge is -2.34. The van der Waals surface area contributed by atoms with Gasteiger partial charge in [-0.3, -0.25) is 9.78 Å². The van der Waals surface area contributed by atoms with Crippen molar-refractivity contribution in [2.75, 3.05) is 24.6 Å². The number of hydrogen-bond acceptors (Lipinski definition) is 5. The summed E-state index contributed by atoms with van der Waals surface area (Å²) in [5, 5.41) is 0.0940. The second kappa shape index (κ2) is 7.27. The van der Waals surface area contributed by atoms with E-state index < -0.39 is 0 Å². The first-order valence-electron chi connectivity index (χ1n) is 8.34. The second-order valence-electron chi connectivity index (χ2n) is 6.00. The Morgan fingerprint density at radius 3 is 2.69 bits per heavy atom. The van der Waals surface area contributed by atoms with Gasteiger partial charge >= 0.3 is 0 Å². The molecule has 132 valence electrons. The van der Waals surface area contributed by atoms with Crippen molar-refractivity contribution in [1.29, 1.82) is 0 Å². The molecule has 3 heterocycles. The number of rotatable bonds is 3. The van der Waals surface area contributed by atoms with Crippen LogP contribution in [0, 0.1) is 0 Å². The van der Waals surface area contributed by atoms with Crippen LogP contribution in [0.15, 0.2) is 59.7 Å². The molecule has 0 aliphatic carbocycles. The van der Waals surface area contributed by atoms with Gasteiger partial charge in [-0.05, 0) is 17.7 Å². The van der Waals surface area contributed by atoms with E-state index in [1.165, 1.54) is 0 Å². The van der Waals surface area contributed by atoms with Gasteiger partial charge in [0.2, 0.25) is 0 Å². The quantitative estimate of drug-likeness (QED) is 0.769. The zero-order chi connectivity index (χ0) is 17.9. The van der Waals surface area contributed by atoms with Gasteiger partial charge in [-0.25, -0.2) is 4.98 Å². The first-order valence-corrected chi connectivity index (χ1v) is 8.72. The monoisotopic (exact) mass is 368 g/mol. The van der Waals surface area contributed by atoms with Crippen molar-refractivity contribution in [3.05, 3.63) is 75.8 Å². The minimum atomic E-state index is -0.355. The molecule has 1 fully saturated rings. The highest BCUT2D eigenvalue weighted by Crippen LogP contribution is 2.29. The van der Waals surface area contributed by atoms with E-state index in [-0.39, 0.29) is 16.7 Å². The number of nitrogens with one attached hydrogen (secondary N) is 1. The summed E-state index contributed by atoms with van der Waals surface area (Å²) in [6.45, 7) is 1.74. The fourth-order valence-corrected chi connectivity index (χ4v) is 3.22. The zero-order valence-electron chi connectivity index (χ0n) is 13.9. The summed E-state index contributed by atoms with van der Waals surface area (Å²) < 4.78 is 5.89. The summed E-state index contributed by atoms with van der Waals surface area (Å²) in [6.07, 6.45) is 3.22. The smallest absolute Gasteiger partial charge is 0.272 e. The van der Waals surface area contributed by atoms with Crippen LogP contribution < -0.4 is 10.5 Å². The standard InChI is InChI=1S/C19H17ClN4O2/c20-16-18(22-17(23-19(16)25)14-6-8-21-9-7-14)24-10-11-26-15(12-24)13-4-2-1-3-5-13/h1-9,15H,10-12H2,(H,22,23,25). The number of nitrogens with zero attached hydrogens (tertiary/aromatic N) is 3. The molecule has 2 aromatic heterocycles. The van der Waals surface area contributed by atoms with Crippen molar-refractivity contribution in [3.8, 4) is 11.4 Å². The molecule has 0 bridgehead atoms. The van der Waals surface area contributed by atoms with Crippen LogP contribution in [0.3, 0.4) is 0 Å². The summed E-state index contributed by atoms with van der Waals surface area (Å²) in [7, 11) is 0. The normalized spacial score (nSPS) is 17.3. The Bertz CT molecular complexity index is 947. The maximum absolute atomic E-state index is 12.3. The lowest BCUT2D eigenvalue weighted by Crippen LogP contribution is -2.39. The number of anilines is 1. The average Bonchev–Trinajstić information content (AvgIpc) is 2.71. The van der Waals surface area contributed by atoms with E-state index in [1.807, 2.05) is 35.2 Å². The number of hydrogen-bond donors (Lipinski definition) is 1. The predicted octanol–water partition coefficient (Wildman–Crippen LogP) is 3.06. The van der Waals surface area contributed by atoms with E-state index >= 15 is 0 Å². The molecule has 3 aromatic rings. The van der Waals surface area contributed by atoms with Gasteiger partial charge in [0.25, 0.3) is 5.56 Å². The number of halogens is 1. The van der Waals surface area contributed by atoms with Gasteiger partial charge in [-0.15, -0.1) is 0 Å². The molecule has 1 aromatic carbocycles. The molecule has 1 saturated heterocycles. The Morgan fingerprint density at radius 2 is 1.92 bits per heavy atom. The van der Waals surface area contributed by atoms with Gasteiger partial charge in [0.15, 0.2) is 5.82 Å². The Kier molecular flexibility index (Phi) is 4.69. The highest BCUT2D eigenvalue weighted by molar-refractivity contribution is 6.32. The van der Waals surface area contributed by atoms with Gasteiger partial charge in [0.1, 0.15) is 17.0 Å². The maximum atomic E-state index is 12.3. The number of H-pyrrole nitrogens is 1. The molecule has 26 heavy (non-hydrogen) atoms. The van der Waals surface area contributed by atoms with Crippen molar-refractivity contribution in [1.82, 2.24) is 15.0 Å². The summed E-state index contributed by atoms with van der Waals surface area (Å²) in [5.74, 6) is 0.950. The first kappa shape index (κ1) is 16.8. The summed E-state index contributed by atoms with van der Waals surface area (Å²) in [6, 6.07) is 13.6. The predicted molar refractivity (Wildman–Crippen MR) is 100 cm³/mol. The van der Waals surface area contributed by atoms with Crippen LogP contribution in [0.4, 0.5) is 5.82 Å². The number of pyridine rings is 1. The number of benzene rings is 1. The minimum Gasteiger partial charge on any atom is -0.370 e. The molecule has 1 aliphatic rings. The number of aromatic nitrogens is 3. The molecular weight excluding hydrogens is 352 g/mol. The summed E-state index contributed by atoms with van der Waals surface area (Å²) >= 11 is 6.28. The molecule has 0 saturated carbocycles. The van der Waals surface area contributed by atoms with Crippen molar-refractivity contribution in [2.45, 2.75) is 6.10 Å². The van der Waals surface area contributed by atoms with E-state index in [0.717, 1.165) is 11.1 Å². The number of aromatic amines is 1. The highest BCUT2D eigenvalue weighted by atomic mass is 35.5. The van der Waals surface area contributed by atoms with Crippen molar-refractivity contribution in [2.24, 2.45) is 0 Å². The number of ether oxygens (including phenoxy) is 1. The Labute approximate surface area is 155 Å². The van der Waals surface area contributed by atoms with Crippen LogP contribution in [0.25, 0.3) is 11.4 Å². The zero-order valence-corrected chi connectivity index (χ0v) is 14.7. The third kappa shape index (κ3) is 3.34. The van der Waals surface area contributed by atoms with Crippen LogP contribution in [0.1, 0.15) is 11.7 Å². The fourth-order valence-electron chi connectivity index (χ4n) is 3.01. The van der Waals surface area contributed by atoms with Gasteiger partial charge < -0.3 is 14.6 Å². The molecule has 0 amide bonds. The van der Waals surface area contributed by atoms with Crippen molar-refractivity contribution >= 4 is 17.4 Å². The summed E-state index contributed by atoms with van der Waals surface area (Å²) in [4.78, 5) is 25.7. The lowest BCUT2D eigenvalue weighted by molar-refractivity contribution is 0.0395. The van der Waals surface area contributed by atoms with E-state index in [0.29, 0.717) is 31.3 Å². The fraction of sp³-hybridized carbons (Fsp3) is 0.211. The van der Waals surface area contributed by atoms with Gasteiger partial charge in [-0.1, -0.05) is 41.9 Å². The topological polar surface area (TPSA) is 71.1 Å². The molecule has 0 radical (unpaired) electrons. The average molecular weight is 369 g/mol. The van der Waals surface area contributed by atoms with Gasteiger partial charge in [0.05, 0.1) is 6.61 Å². The molecule has 1 unspecified atom stereocenters. The third-order valence-electron chi connectivity index (χ3n) is 4.34. The Morgan fingerprint density at radius 1 is 1.15 bits per heavy atom. The molecule has 0 spiro atoms. The number of morpholine rings is 1. The highest BCUT2D eigenvalue weighted by Gasteiger charge is 2.25. The van der Waals surface area contributed by atoms with Crippen LogP contribution in [0.2, 0.25) is 5.02 Å². The van der Waals surface area contributed by atoms with Crippen LogP contribution in [0.5, 0.6) is 0 Å². The van der Waals surface area contributed by atoms with Crippen LogP contribution >= 0.6 is 11.6 Å². The maximum Gasteiger partial charge on any atom is 0.272 e. The van der Waals surface area contributed by atoms with Crippen molar-refractivity contribution < 1.29 is 4.74 Å². The third-order valence-corrected chi connectivity index (χ3v) is 4.68. The largest absolute Gasteiger partial charge is 0.370 e. The van der Waals surface area contributed by atoms with Gasteiger partial charge in [0, 0.05) is 31.0 Å². The SMILES string of the molecule is O=c1[nH]c(-c2ccncc2)nc(N2CCOC(c3ccccc3)C2)c1Cl. The van der Waals surface area contributed by atoms with Crippen molar-refractivity contribution in [3.63, 3.8) is 0 Å².